The van der Waals surface area contributed by atoms with Crippen molar-refractivity contribution < 1.29 is 13.2 Å². The highest BCUT2D eigenvalue weighted by atomic mass is 19.4. The van der Waals surface area contributed by atoms with Gasteiger partial charge in [-0.2, -0.15) is 13.2 Å². The van der Waals surface area contributed by atoms with Crippen molar-refractivity contribution in [2.45, 2.75) is 13.1 Å². The summed E-state index contributed by atoms with van der Waals surface area (Å²) in [6.45, 7) is 1.63. The smallest absolute Gasteiger partial charge is 0.296 e. The van der Waals surface area contributed by atoms with Crippen molar-refractivity contribution >= 4 is 6.21 Å². The molecule has 76 valence electrons. The van der Waals surface area contributed by atoms with Gasteiger partial charge in [-0.3, -0.25) is 4.99 Å². The highest BCUT2D eigenvalue weighted by Crippen LogP contribution is 2.31. The van der Waals surface area contributed by atoms with Crippen molar-refractivity contribution in [1.82, 2.24) is 0 Å². The molecule has 0 aliphatic carbocycles. The van der Waals surface area contributed by atoms with Crippen LogP contribution in [0.25, 0.3) is 0 Å². The fourth-order valence-electron chi connectivity index (χ4n) is 1.17. The zero-order chi connectivity index (χ0) is 10.8. The molecule has 0 heterocycles. The number of rotatable bonds is 1. The van der Waals surface area contributed by atoms with E-state index in [1.165, 1.54) is 19.3 Å². The van der Waals surface area contributed by atoms with Crippen molar-refractivity contribution in [3.8, 4) is 0 Å². The maximum absolute atomic E-state index is 12.5. The van der Waals surface area contributed by atoms with Crippen LogP contribution in [0.5, 0.6) is 0 Å². The second kappa shape index (κ2) is 3.82. The van der Waals surface area contributed by atoms with Gasteiger partial charge in [0, 0.05) is 18.8 Å². The summed E-state index contributed by atoms with van der Waals surface area (Å²) in [4.78, 5) is 3.58. The molecule has 0 aliphatic rings. The Morgan fingerprint density at radius 3 is 2.43 bits per heavy atom. The first-order chi connectivity index (χ1) is 6.45. The molecule has 0 aliphatic heterocycles. The van der Waals surface area contributed by atoms with Gasteiger partial charge in [-0.1, -0.05) is 17.7 Å². The van der Waals surface area contributed by atoms with Crippen LogP contribution in [-0.2, 0) is 6.18 Å². The topological polar surface area (TPSA) is 12.4 Å². The van der Waals surface area contributed by atoms with Gasteiger partial charge in [0.25, 0.3) is 0 Å². The summed E-state index contributed by atoms with van der Waals surface area (Å²) < 4.78 is 37.5. The molecule has 0 unspecified atom stereocenters. The Morgan fingerprint density at radius 1 is 1.29 bits per heavy atom. The lowest BCUT2D eigenvalue weighted by molar-refractivity contribution is -0.137. The first kappa shape index (κ1) is 10.8. The normalized spacial score (nSPS) is 12.4. The molecule has 0 spiro atoms. The summed E-state index contributed by atoms with van der Waals surface area (Å²) in [6, 6.07) is 4.18. The Hall–Kier alpha value is -1.32. The molecule has 0 fully saturated rings. The summed E-state index contributed by atoms with van der Waals surface area (Å²) >= 11 is 0. The van der Waals surface area contributed by atoms with Crippen molar-refractivity contribution in [1.29, 1.82) is 0 Å². The molecule has 0 radical (unpaired) electrons. The molecule has 0 saturated heterocycles. The first-order valence-corrected chi connectivity index (χ1v) is 4.05. The molecule has 1 nitrogen and oxygen atoms in total. The Labute approximate surface area is 80.3 Å². The van der Waals surface area contributed by atoms with Crippen LogP contribution in [0.3, 0.4) is 0 Å². The van der Waals surface area contributed by atoms with Gasteiger partial charge in [0.1, 0.15) is 0 Å². The Morgan fingerprint density at radius 2 is 1.93 bits per heavy atom. The second-order valence-electron chi connectivity index (χ2n) is 2.98. The number of benzene rings is 1. The zero-order valence-electron chi connectivity index (χ0n) is 7.89. The van der Waals surface area contributed by atoms with Crippen LogP contribution < -0.4 is 0 Å². The van der Waals surface area contributed by atoms with Crippen molar-refractivity contribution in [2.75, 3.05) is 7.05 Å². The van der Waals surface area contributed by atoms with Crippen LogP contribution in [-0.4, -0.2) is 13.3 Å². The predicted molar refractivity (Wildman–Crippen MR) is 49.7 cm³/mol. The van der Waals surface area contributed by atoms with E-state index in [0.29, 0.717) is 5.56 Å². The van der Waals surface area contributed by atoms with Crippen molar-refractivity contribution in [3.05, 3.63) is 34.9 Å². The third kappa shape index (κ3) is 2.34. The number of nitrogens with zero attached hydrogens (tertiary/aromatic N) is 1. The second-order valence-corrected chi connectivity index (χ2v) is 2.98. The number of hydrogen-bond donors (Lipinski definition) is 0. The lowest BCUT2D eigenvalue weighted by Crippen LogP contribution is -2.09. The molecule has 1 rings (SSSR count). The minimum Gasteiger partial charge on any atom is -0.296 e. The number of alkyl halides is 3. The van der Waals surface area contributed by atoms with E-state index in [4.69, 9.17) is 0 Å². The quantitative estimate of drug-likeness (QED) is 0.619. The fraction of sp³-hybridized carbons (Fsp3) is 0.300. The molecule has 0 amide bonds. The summed E-state index contributed by atoms with van der Waals surface area (Å²) in [5.41, 5.74) is 0.0549. The van der Waals surface area contributed by atoms with Gasteiger partial charge < -0.3 is 0 Å². The molecule has 4 heteroatoms. The van der Waals surface area contributed by atoms with Crippen LogP contribution in [0, 0.1) is 6.92 Å². The molecule has 1 aromatic carbocycles. The highest BCUT2D eigenvalue weighted by Gasteiger charge is 2.32. The van der Waals surface area contributed by atoms with Crippen LogP contribution in [0.2, 0.25) is 0 Å². The van der Waals surface area contributed by atoms with E-state index in [-0.39, 0.29) is 5.56 Å². The van der Waals surface area contributed by atoms with E-state index in [0.717, 1.165) is 6.07 Å². The molecule has 0 atom stereocenters. The largest absolute Gasteiger partial charge is 0.417 e. The van der Waals surface area contributed by atoms with E-state index in [1.54, 1.807) is 13.0 Å². The molecule has 14 heavy (non-hydrogen) atoms. The van der Waals surface area contributed by atoms with E-state index < -0.39 is 11.7 Å². The van der Waals surface area contributed by atoms with Crippen LogP contribution in [0.15, 0.2) is 23.2 Å². The van der Waals surface area contributed by atoms with Crippen LogP contribution in [0.4, 0.5) is 13.2 Å². The SMILES string of the molecule is CN=Cc1ccc(C)cc1C(F)(F)F. The average Bonchev–Trinajstić information content (AvgIpc) is 2.07. The third-order valence-corrected chi connectivity index (χ3v) is 1.78. The van der Waals surface area contributed by atoms with Crippen molar-refractivity contribution in [2.24, 2.45) is 4.99 Å². The van der Waals surface area contributed by atoms with Gasteiger partial charge in [0.15, 0.2) is 0 Å². The van der Waals surface area contributed by atoms with E-state index >= 15 is 0 Å². The molecule has 0 bridgehead atoms. The zero-order valence-corrected chi connectivity index (χ0v) is 7.89. The molecule has 0 aromatic heterocycles. The summed E-state index contributed by atoms with van der Waals surface area (Å²) in [6.07, 6.45) is -3.11. The molecule has 0 N–H and O–H groups in total. The predicted octanol–water partition coefficient (Wildman–Crippen LogP) is 3.06. The number of hydrogen-bond acceptors (Lipinski definition) is 1. The van der Waals surface area contributed by atoms with Gasteiger partial charge in [0.2, 0.25) is 0 Å². The summed E-state index contributed by atoms with van der Waals surface area (Å²) in [5, 5.41) is 0. The minimum absolute atomic E-state index is 0.102. The van der Waals surface area contributed by atoms with Gasteiger partial charge in [-0.25, -0.2) is 0 Å². The van der Waals surface area contributed by atoms with E-state index in [1.807, 2.05) is 0 Å². The number of aliphatic imine (C=N–C) groups is 1. The fourth-order valence-corrected chi connectivity index (χ4v) is 1.17. The monoisotopic (exact) mass is 201 g/mol. The van der Waals surface area contributed by atoms with E-state index in [9.17, 15) is 13.2 Å². The molecule has 0 saturated carbocycles. The molecule has 1 aromatic rings. The third-order valence-electron chi connectivity index (χ3n) is 1.78. The Kier molecular flexibility index (Phi) is 2.93. The van der Waals surface area contributed by atoms with E-state index in [2.05, 4.69) is 4.99 Å². The molecular formula is C10H10F3N. The average molecular weight is 201 g/mol. The highest BCUT2D eigenvalue weighted by molar-refractivity contribution is 5.82. The molecular weight excluding hydrogens is 191 g/mol. The lowest BCUT2D eigenvalue weighted by Gasteiger charge is -2.10. The van der Waals surface area contributed by atoms with Crippen LogP contribution >= 0.6 is 0 Å². The van der Waals surface area contributed by atoms with Crippen molar-refractivity contribution in [3.63, 3.8) is 0 Å². The Bertz CT molecular complexity index is 353. The standard InChI is InChI=1S/C10H10F3N/c1-7-3-4-8(6-14-2)9(5-7)10(11,12)13/h3-6H,1-2H3. The number of halogens is 3. The van der Waals surface area contributed by atoms with Gasteiger partial charge in [-0.15, -0.1) is 0 Å². The Balaban J connectivity index is 3.30. The first-order valence-electron chi connectivity index (χ1n) is 4.05. The lowest BCUT2D eigenvalue weighted by atomic mass is 10.1. The van der Waals surface area contributed by atoms with Gasteiger partial charge in [-0.05, 0) is 13.0 Å². The maximum atomic E-state index is 12.5. The van der Waals surface area contributed by atoms with Gasteiger partial charge in [0.05, 0.1) is 5.56 Å². The summed E-state index contributed by atoms with van der Waals surface area (Å²) in [5.74, 6) is 0. The maximum Gasteiger partial charge on any atom is 0.417 e. The summed E-state index contributed by atoms with van der Waals surface area (Å²) in [7, 11) is 1.44. The minimum atomic E-state index is -4.32. The number of aryl methyl sites for hydroxylation is 1. The van der Waals surface area contributed by atoms with Gasteiger partial charge >= 0.3 is 6.18 Å². The van der Waals surface area contributed by atoms with Crippen LogP contribution in [0.1, 0.15) is 16.7 Å².